The van der Waals surface area contributed by atoms with Crippen LogP contribution < -0.4 is 5.32 Å². The van der Waals surface area contributed by atoms with Crippen molar-refractivity contribution >= 4 is 45.9 Å². The van der Waals surface area contributed by atoms with E-state index in [9.17, 15) is 0 Å². The maximum absolute atomic E-state index is 4.84. The molecule has 8 heteroatoms. The number of hydrogen-bond donors (Lipinski definition) is 1. The van der Waals surface area contributed by atoms with E-state index in [1.807, 2.05) is 0 Å². The van der Waals surface area contributed by atoms with E-state index in [0.717, 1.165) is 48.9 Å². The summed E-state index contributed by atoms with van der Waals surface area (Å²) in [6.07, 6.45) is 5.18. The maximum Gasteiger partial charge on any atom is 0.194 e. The Bertz CT molecular complexity index is 694. The number of likely N-dealkylation sites (tertiary alicyclic amines) is 1. The molecule has 0 atom stereocenters. The van der Waals surface area contributed by atoms with Crippen molar-refractivity contribution in [2.45, 2.75) is 39.3 Å². The summed E-state index contributed by atoms with van der Waals surface area (Å²) in [7, 11) is 0. The summed E-state index contributed by atoms with van der Waals surface area (Å²) in [6.45, 7) is 6.63. The largest absolute Gasteiger partial charge is 0.354 e. The highest BCUT2D eigenvalue weighted by atomic mass is 127. The minimum atomic E-state index is 0. The van der Waals surface area contributed by atoms with Crippen molar-refractivity contribution in [2.75, 3.05) is 19.6 Å². The van der Waals surface area contributed by atoms with Gasteiger partial charge in [0.15, 0.2) is 5.96 Å². The van der Waals surface area contributed by atoms with Gasteiger partial charge in [0.1, 0.15) is 12.2 Å². The molecule has 2 heterocycles. The zero-order valence-corrected chi connectivity index (χ0v) is 19.0. The number of aryl methyl sites for hydroxylation is 1. The van der Waals surface area contributed by atoms with E-state index < -0.39 is 0 Å². The Morgan fingerprint density at radius 3 is 2.65 bits per heavy atom. The highest BCUT2D eigenvalue weighted by molar-refractivity contribution is 14.0. The number of benzene rings is 1. The zero-order valence-electron chi connectivity index (χ0n) is 15.1. The molecule has 3 rings (SSSR count). The highest BCUT2D eigenvalue weighted by Crippen LogP contribution is 2.12. The molecule has 2 aromatic rings. The van der Waals surface area contributed by atoms with E-state index in [1.165, 1.54) is 18.4 Å². The van der Waals surface area contributed by atoms with E-state index in [-0.39, 0.29) is 24.0 Å². The molecule has 1 aromatic carbocycles. The number of hydrogen-bond acceptors (Lipinski definition) is 3. The molecule has 142 valence electrons. The predicted molar refractivity (Wildman–Crippen MR) is 119 cm³/mol. The van der Waals surface area contributed by atoms with Gasteiger partial charge in [-0.1, -0.05) is 35.0 Å². The van der Waals surface area contributed by atoms with Gasteiger partial charge in [-0.3, -0.25) is 0 Å². The monoisotopic (exact) mass is 532 g/mol. The summed E-state index contributed by atoms with van der Waals surface area (Å²) in [5.41, 5.74) is 1.22. The number of rotatable bonds is 6. The summed E-state index contributed by atoms with van der Waals surface area (Å²) in [6, 6.07) is 8.35. The predicted octanol–water partition coefficient (Wildman–Crippen LogP) is 3.46. The quantitative estimate of drug-likeness (QED) is 0.351. The van der Waals surface area contributed by atoms with Crippen molar-refractivity contribution in [2.24, 2.45) is 4.99 Å². The summed E-state index contributed by atoms with van der Waals surface area (Å²) < 4.78 is 3.20. The third-order valence-electron chi connectivity index (χ3n) is 4.38. The summed E-state index contributed by atoms with van der Waals surface area (Å²) in [5, 5.41) is 11.6. The smallest absolute Gasteiger partial charge is 0.194 e. The van der Waals surface area contributed by atoms with Crippen molar-refractivity contribution in [1.82, 2.24) is 25.0 Å². The molecule has 1 aliphatic rings. The molecule has 0 bridgehead atoms. The van der Waals surface area contributed by atoms with Crippen LogP contribution in [0.15, 0.2) is 40.1 Å². The summed E-state index contributed by atoms with van der Waals surface area (Å²) >= 11 is 3.48. The zero-order chi connectivity index (χ0) is 17.5. The van der Waals surface area contributed by atoms with E-state index in [4.69, 9.17) is 4.99 Å². The molecule has 1 aliphatic heterocycles. The standard InChI is InChI=1S/C18H25BrN6.HI/c1-2-17-23-22-14-25(17)12-9-20-18(24-10-3-4-11-24)21-13-15-5-7-16(19)8-6-15;/h5-8,14H,2-4,9-13H2,1H3,(H,20,21);1H. The SMILES string of the molecule is CCc1nncn1CCNC(=NCc1ccc(Br)cc1)N1CCCC1.I. The Balaban J connectivity index is 0.00000243. The molecule has 0 spiro atoms. The molecule has 1 aromatic heterocycles. The highest BCUT2D eigenvalue weighted by Gasteiger charge is 2.16. The van der Waals surface area contributed by atoms with E-state index >= 15 is 0 Å². The molecule has 0 radical (unpaired) electrons. The lowest BCUT2D eigenvalue weighted by molar-refractivity contribution is 0.486. The Labute approximate surface area is 180 Å². The summed E-state index contributed by atoms with van der Waals surface area (Å²) in [4.78, 5) is 7.20. The second-order valence-electron chi connectivity index (χ2n) is 6.18. The van der Waals surface area contributed by atoms with Crippen LogP contribution in [0.2, 0.25) is 0 Å². The fraction of sp³-hybridized carbons (Fsp3) is 0.500. The van der Waals surface area contributed by atoms with Crippen LogP contribution >= 0.6 is 39.9 Å². The molecule has 1 N–H and O–H groups in total. The molecule has 1 saturated heterocycles. The first-order valence-corrected chi connectivity index (χ1v) is 9.70. The van der Waals surface area contributed by atoms with Crippen LogP contribution in [0.3, 0.4) is 0 Å². The van der Waals surface area contributed by atoms with Crippen molar-refractivity contribution in [3.63, 3.8) is 0 Å². The van der Waals surface area contributed by atoms with Crippen LogP contribution in [0.1, 0.15) is 31.2 Å². The number of aromatic nitrogens is 3. The van der Waals surface area contributed by atoms with Gasteiger partial charge in [-0.15, -0.1) is 34.2 Å². The molecule has 0 saturated carbocycles. The Hall–Kier alpha value is -1.16. The second-order valence-corrected chi connectivity index (χ2v) is 7.10. The fourth-order valence-corrected chi connectivity index (χ4v) is 3.24. The van der Waals surface area contributed by atoms with Gasteiger partial charge in [-0.2, -0.15) is 0 Å². The first-order chi connectivity index (χ1) is 12.3. The van der Waals surface area contributed by atoms with E-state index in [0.29, 0.717) is 6.54 Å². The molecule has 0 amide bonds. The van der Waals surface area contributed by atoms with Crippen LogP contribution in [0.4, 0.5) is 0 Å². The lowest BCUT2D eigenvalue weighted by Gasteiger charge is -2.21. The fourth-order valence-electron chi connectivity index (χ4n) is 2.98. The van der Waals surface area contributed by atoms with Gasteiger partial charge in [-0.25, -0.2) is 4.99 Å². The van der Waals surface area contributed by atoms with Crippen molar-refractivity contribution in [3.05, 3.63) is 46.5 Å². The van der Waals surface area contributed by atoms with Gasteiger partial charge in [0.25, 0.3) is 0 Å². The lowest BCUT2D eigenvalue weighted by Crippen LogP contribution is -2.41. The van der Waals surface area contributed by atoms with Gasteiger partial charge >= 0.3 is 0 Å². The average Bonchev–Trinajstić information content (AvgIpc) is 3.31. The average molecular weight is 533 g/mol. The van der Waals surface area contributed by atoms with Crippen LogP contribution in [-0.4, -0.2) is 45.3 Å². The Morgan fingerprint density at radius 1 is 1.23 bits per heavy atom. The lowest BCUT2D eigenvalue weighted by atomic mass is 10.2. The molecular formula is C18H26BrIN6. The summed E-state index contributed by atoms with van der Waals surface area (Å²) in [5.74, 6) is 2.03. The number of aliphatic imine (C=N–C) groups is 1. The number of nitrogens with one attached hydrogen (secondary N) is 1. The number of halogens is 2. The Morgan fingerprint density at radius 2 is 1.96 bits per heavy atom. The second kappa shape index (κ2) is 10.9. The third-order valence-corrected chi connectivity index (χ3v) is 4.91. The molecule has 26 heavy (non-hydrogen) atoms. The Kier molecular flexibility index (Phi) is 8.83. The number of guanidine groups is 1. The van der Waals surface area contributed by atoms with E-state index in [1.54, 1.807) is 6.33 Å². The van der Waals surface area contributed by atoms with Gasteiger partial charge < -0.3 is 14.8 Å². The van der Waals surface area contributed by atoms with Gasteiger partial charge in [0.2, 0.25) is 0 Å². The van der Waals surface area contributed by atoms with Crippen LogP contribution in [0, 0.1) is 0 Å². The van der Waals surface area contributed by atoms with Gasteiger partial charge in [0.05, 0.1) is 6.54 Å². The van der Waals surface area contributed by atoms with E-state index in [2.05, 4.69) is 72.1 Å². The maximum atomic E-state index is 4.84. The molecule has 0 unspecified atom stereocenters. The minimum Gasteiger partial charge on any atom is -0.354 e. The van der Waals surface area contributed by atoms with Crippen LogP contribution in [0.5, 0.6) is 0 Å². The van der Waals surface area contributed by atoms with Crippen LogP contribution in [-0.2, 0) is 19.5 Å². The molecular weight excluding hydrogens is 507 g/mol. The van der Waals surface area contributed by atoms with Crippen LogP contribution in [0.25, 0.3) is 0 Å². The molecule has 1 fully saturated rings. The number of nitrogens with zero attached hydrogens (tertiary/aromatic N) is 5. The van der Waals surface area contributed by atoms with Crippen molar-refractivity contribution < 1.29 is 0 Å². The van der Waals surface area contributed by atoms with Crippen molar-refractivity contribution in [1.29, 1.82) is 0 Å². The van der Waals surface area contributed by atoms with Gasteiger partial charge in [0, 0.05) is 37.1 Å². The minimum absolute atomic E-state index is 0. The van der Waals surface area contributed by atoms with Crippen molar-refractivity contribution in [3.8, 4) is 0 Å². The third kappa shape index (κ3) is 5.94. The molecule has 6 nitrogen and oxygen atoms in total. The van der Waals surface area contributed by atoms with Gasteiger partial charge in [-0.05, 0) is 30.5 Å². The molecule has 0 aliphatic carbocycles. The first kappa shape index (κ1) is 21.1. The first-order valence-electron chi connectivity index (χ1n) is 8.90. The topological polar surface area (TPSA) is 58.3 Å². The normalized spacial score (nSPS) is 14.4.